The molecule has 1 heterocycles. The summed E-state index contributed by atoms with van der Waals surface area (Å²) in [6.07, 6.45) is 2.95. The molecule has 0 spiro atoms. The minimum Gasteiger partial charge on any atom is -0.334 e. The minimum absolute atomic E-state index is 0.0705. The molecule has 32 heavy (non-hydrogen) atoms. The largest absolute Gasteiger partial charge is 0.334 e. The van der Waals surface area contributed by atoms with Gasteiger partial charge in [-0.2, -0.15) is 0 Å². The minimum atomic E-state index is -0.420. The number of nitrogens with one attached hydrogen (secondary N) is 2. The summed E-state index contributed by atoms with van der Waals surface area (Å²) < 4.78 is 13.3. The van der Waals surface area contributed by atoms with Gasteiger partial charge in [-0.25, -0.2) is 14.2 Å². The topological polar surface area (TPSA) is 74.3 Å². The van der Waals surface area contributed by atoms with Gasteiger partial charge in [-0.1, -0.05) is 36.2 Å². The Morgan fingerprint density at radius 1 is 1.19 bits per heavy atom. The Kier molecular flexibility index (Phi) is 6.80. The molecule has 3 aromatic rings. The number of rotatable bonds is 7. The zero-order valence-electron chi connectivity index (χ0n) is 17.8. The van der Waals surface area contributed by atoms with Gasteiger partial charge >= 0.3 is 6.03 Å². The van der Waals surface area contributed by atoms with Crippen LogP contribution in [-0.2, 0) is 17.9 Å². The van der Waals surface area contributed by atoms with Crippen molar-refractivity contribution in [1.82, 2.24) is 10.3 Å². The molecule has 1 fully saturated rings. The lowest BCUT2D eigenvalue weighted by atomic mass is 9.84. The summed E-state index contributed by atoms with van der Waals surface area (Å²) in [5, 5.41) is 7.68. The SMILES string of the molecule is Cc1ccc(N(Cc2csc(NC(=O)NCc3cccc(F)c3)n2)C(=O)C2CCC2)cc1. The number of amides is 3. The number of aryl methyl sites for hydroxylation is 1. The molecule has 2 N–H and O–H groups in total. The molecule has 0 bridgehead atoms. The van der Waals surface area contributed by atoms with E-state index in [2.05, 4.69) is 15.6 Å². The molecule has 1 aromatic heterocycles. The normalized spacial score (nSPS) is 13.3. The van der Waals surface area contributed by atoms with Crippen molar-refractivity contribution >= 4 is 34.1 Å². The Labute approximate surface area is 190 Å². The first-order valence-corrected chi connectivity index (χ1v) is 11.5. The third-order valence-corrected chi connectivity index (χ3v) is 6.31. The van der Waals surface area contributed by atoms with Gasteiger partial charge in [-0.3, -0.25) is 10.1 Å². The molecule has 1 aliphatic carbocycles. The summed E-state index contributed by atoms with van der Waals surface area (Å²) in [4.78, 5) is 31.5. The molecule has 0 saturated heterocycles. The summed E-state index contributed by atoms with van der Waals surface area (Å²) in [5.41, 5.74) is 3.36. The predicted octanol–water partition coefficient (Wildman–Crippen LogP) is 5.25. The van der Waals surface area contributed by atoms with Crippen LogP contribution in [0, 0.1) is 18.7 Å². The van der Waals surface area contributed by atoms with Crippen molar-refractivity contribution in [1.29, 1.82) is 0 Å². The summed E-state index contributed by atoms with van der Waals surface area (Å²) in [6.45, 7) is 2.57. The lowest BCUT2D eigenvalue weighted by Gasteiger charge is -2.31. The van der Waals surface area contributed by atoms with Crippen LogP contribution >= 0.6 is 11.3 Å². The van der Waals surface area contributed by atoms with E-state index in [0.29, 0.717) is 22.9 Å². The van der Waals surface area contributed by atoms with Crippen LogP contribution in [0.1, 0.15) is 36.1 Å². The molecule has 3 amide bonds. The molecule has 0 aliphatic heterocycles. The van der Waals surface area contributed by atoms with Gasteiger partial charge in [0.2, 0.25) is 5.91 Å². The van der Waals surface area contributed by atoms with E-state index in [0.717, 1.165) is 30.5 Å². The highest BCUT2D eigenvalue weighted by atomic mass is 32.1. The summed E-state index contributed by atoms with van der Waals surface area (Å²) >= 11 is 1.30. The van der Waals surface area contributed by atoms with Crippen molar-refractivity contribution in [2.75, 3.05) is 10.2 Å². The molecular formula is C24H25FN4O2S. The fraction of sp³-hybridized carbons (Fsp3) is 0.292. The molecule has 1 saturated carbocycles. The second-order valence-corrected chi connectivity index (χ2v) is 8.83. The van der Waals surface area contributed by atoms with Crippen LogP contribution in [0.5, 0.6) is 0 Å². The van der Waals surface area contributed by atoms with E-state index in [9.17, 15) is 14.0 Å². The number of aromatic nitrogens is 1. The van der Waals surface area contributed by atoms with Gasteiger partial charge in [0.05, 0.1) is 12.2 Å². The number of anilines is 2. The predicted molar refractivity (Wildman–Crippen MR) is 124 cm³/mol. The van der Waals surface area contributed by atoms with Gasteiger partial charge in [0.1, 0.15) is 5.82 Å². The fourth-order valence-corrected chi connectivity index (χ4v) is 4.16. The first kappa shape index (κ1) is 22.0. The third-order valence-electron chi connectivity index (χ3n) is 5.50. The molecule has 166 valence electrons. The Morgan fingerprint density at radius 3 is 2.66 bits per heavy atom. The van der Waals surface area contributed by atoms with E-state index in [-0.39, 0.29) is 24.2 Å². The molecule has 8 heteroatoms. The molecule has 2 aromatic carbocycles. The second kappa shape index (κ2) is 9.91. The number of carbonyl (C=O) groups excluding carboxylic acids is 2. The average molecular weight is 453 g/mol. The van der Waals surface area contributed by atoms with Gasteiger partial charge in [0, 0.05) is 23.5 Å². The molecule has 0 unspecified atom stereocenters. The van der Waals surface area contributed by atoms with Crippen molar-refractivity contribution in [2.45, 2.75) is 39.3 Å². The monoisotopic (exact) mass is 452 g/mol. The van der Waals surface area contributed by atoms with Gasteiger partial charge in [-0.05, 0) is 49.6 Å². The number of hydrogen-bond donors (Lipinski definition) is 2. The number of benzene rings is 2. The maximum absolute atomic E-state index is 13.3. The zero-order valence-corrected chi connectivity index (χ0v) is 18.6. The Hall–Kier alpha value is -3.26. The van der Waals surface area contributed by atoms with Crippen LogP contribution in [0.3, 0.4) is 0 Å². The van der Waals surface area contributed by atoms with Gasteiger partial charge in [0.25, 0.3) is 0 Å². The van der Waals surface area contributed by atoms with Crippen molar-refractivity contribution in [3.05, 3.63) is 76.5 Å². The standard InChI is InChI=1S/C24H25FN4O2S/c1-16-8-10-21(11-9-16)29(22(30)18-5-3-6-18)14-20-15-32-24(27-20)28-23(31)26-13-17-4-2-7-19(25)12-17/h2,4,7-12,15,18H,3,5-6,13-14H2,1H3,(H2,26,27,28,31). The number of hydrogen-bond acceptors (Lipinski definition) is 4. The molecule has 4 rings (SSSR count). The summed E-state index contributed by atoms with van der Waals surface area (Å²) in [5.74, 6) is -0.152. The van der Waals surface area contributed by atoms with E-state index in [1.807, 2.05) is 36.6 Å². The third kappa shape index (κ3) is 5.50. The van der Waals surface area contributed by atoms with E-state index in [1.54, 1.807) is 17.0 Å². The maximum Gasteiger partial charge on any atom is 0.321 e. The van der Waals surface area contributed by atoms with E-state index < -0.39 is 6.03 Å². The van der Waals surface area contributed by atoms with Crippen molar-refractivity contribution in [3.8, 4) is 0 Å². The van der Waals surface area contributed by atoms with Crippen LogP contribution in [0.25, 0.3) is 0 Å². The number of halogens is 1. The van der Waals surface area contributed by atoms with E-state index in [4.69, 9.17) is 0 Å². The van der Waals surface area contributed by atoms with Crippen LogP contribution in [0.15, 0.2) is 53.9 Å². The number of carbonyl (C=O) groups is 2. The summed E-state index contributed by atoms with van der Waals surface area (Å²) in [6, 6.07) is 13.5. The maximum atomic E-state index is 13.3. The Balaban J connectivity index is 1.39. The molecule has 1 aliphatic rings. The average Bonchev–Trinajstić information content (AvgIpc) is 3.17. The lowest BCUT2D eigenvalue weighted by Crippen LogP contribution is -2.38. The lowest BCUT2D eigenvalue weighted by molar-refractivity contribution is -0.124. The number of thiazole rings is 1. The Morgan fingerprint density at radius 2 is 1.97 bits per heavy atom. The molecule has 6 nitrogen and oxygen atoms in total. The quantitative estimate of drug-likeness (QED) is 0.514. The number of nitrogens with zero attached hydrogens (tertiary/aromatic N) is 2. The second-order valence-electron chi connectivity index (χ2n) is 7.97. The van der Waals surface area contributed by atoms with Crippen LogP contribution in [0.2, 0.25) is 0 Å². The zero-order chi connectivity index (χ0) is 22.5. The summed E-state index contributed by atoms with van der Waals surface area (Å²) in [7, 11) is 0. The molecule has 0 atom stereocenters. The first-order chi connectivity index (χ1) is 15.5. The van der Waals surface area contributed by atoms with E-state index >= 15 is 0 Å². The number of urea groups is 1. The van der Waals surface area contributed by atoms with Crippen LogP contribution in [-0.4, -0.2) is 16.9 Å². The van der Waals surface area contributed by atoms with Crippen molar-refractivity contribution < 1.29 is 14.0 Å². The van der Waals surface area contributed by atoms with Crippen LogP contribution < -0.4 is 15.5 Å². The fourth-order valence-electron chi connectivity index (χ4n) is 3.47. The van der Waals surface area contributed by atoms with Gasteiger partial charge < -0.3 is 10.2 Å². The smallest absolute Gasteiger partial charge is 0.321 e. The van der Waals surface area contributed by atoms with Crippen molar-refractivity contribution in [2.24, 2.45) is 5.92 Å². The highest BCUT2D eigenvalue weighted by molar-refractivity contribution is 7.13. The molecule has 0 radical (unpaired) electrons. The van der Waals surface area contributed by atoms with Crippen molar-refractivity contribution in [3.63, 3.8) is 0 Å². The van der Waals surface area contributed by atoms with Crippen LogP contribution in [0.4, 0.5) is 20.0 Å². The highest BCUT2D eigenvalue weighted by Gasteiger charge is 2.30. The molecular weight excluding hydrogens is 427 g/mol. The van der Waals surface area contributed by atoms with E-state index in [1.165, 1.54) is 23.5 Å². The van der Waals surface area contributed by atoms with Gasteiger partial charge in [-0.15, -0.1) is 11.3 Å². The highest BCUT2D eigenvalue weighted by Crippen LogP contribution is 2.31. The first-order valence-electron chi connectivity index (χ1n) is 10.6. The van der Waals surface area contributed by atoms with Gasteiger partial charge in [0.15, 0.2) is 5.13 Å². The Bertz CT molecular complexity index is 1100.